The largest absolute Gasteiger partial charge is 0.396 e. The number of nitrogens with two attached hydrogens (primary N) is 1. The standard InChI is InChI=1S/C13H9FN2O/c14-9-6-4-8(5-7-9)12-10-2-1-3-11(15)13(10)17-16-12/h1-7H,15H2. The Morgan fingerprint density at radius 3 is 2.59 bits per heavy atom. The van der Waals surface area contributed by atoms with Gasteiger partial charge in [0.05, 0.1) is 11.1 Å². The molecular formula is C13H9FN2O. The van der Waals surface area contributed by atoms with E-state index in [1.165, 1.54) is 12.1 Å². The highest BCUT2D eigenvalue weighted by atomic mass is 19.1. The predicted octanol–water partition coefficient (Wildman–Crippen LogP) is 3.22. The molecule has 0 spiro atoms. The SMILES string of the molecule is Nc1cccc2c(-c3ccc(F)cc3)noc12. The minimum atomic E-state index is -0.277. The molecule has 0 unspecified atom stereocenters. The summed E-state index contributed by atoms with van der Waals surface area (Å²) in [6, 6.07) is 11.6. The number of fused-ring (bicyclic) bond motifs is 1. The van der Waals surface area contributed by atoms with Gasteiger partial charge in [0.25, 0.3) is 0 Å². The van der Waals surface area contributed by atoms with Crippen LogP contribution >= 0.6 is 0 Å². The summed E-state index contributed by atoms with van der Waals surface area (Å²) >= 11 is 0. The average molecular weight is 228 g/mol. The molecule has 0 saturated heterocycles. The summed E-state index contributed by atoms with van der Waals surface area (Å²) in [6.07, 6.45) is 0. The second-order valence-corrected chi connectivity index (χ2v) is 3.76. The molecule has 2 N–H and O–H groups in total. The van der Waals surface area contributed by atoms with Gasteiger partial charge in [0.1, 0.15) is 11.5 Å². The Balaban J connectivity index is 2.24. The highest BCUT2D eigenvalue weighted by Crippen LogP contribution is 2.30. The first kappa shape index (κ1) is 9.84. The lowest BCUT2D eigenvalue weighted by atomic mass is 10.1. The van der Waals surface area contributed by atoms with E-state index in [9.17, 15) is 4.39 Å². The van der Waals surface area contributed by atoms with E-state index in [1.54, 1.807) is 18.2 Å². The van der Waals surface area contributed by atoms with E-state index in [2.05, 4.69) is 5.16 Å². The lowest BCUT2D eigenvalue weighted by Gasteiger charge is -1.96. The van der Waals surface area contributed by atoms with Gasteiger partial charge in [-0.2, -0.15) is 0 Å². The minimum absolute atomic E-state index is 0.277. The predicted molar refractivity (Wildman–Crippen MR) is 63.8 cm³/mol. The Morgan fingerprint density at radius 2 is 1.82 bits per heavy atom. The number of rotatable bonds is 1. The summed E-state index contributed by atoms with van der Waals surface area (Å²) < 4.78 is 18.0. The molecular weight excluding hydrogens is 219 g/mol. The maximum atomic E-state index is 12.8. The van der Waals surface area contributed by atoms with Gasteiger partial charge in [-0.15, -0.1) is 0 Å². The Labute approximate surface area is 96.6 Å². The number of aromatic nitrogens is 1. The van der Waals surface area contributed by atoms with E-state index in [0.717, 1.165) is 10.9 Å². The molecule has 2 aromatic carbocycles. The van der Waals surface area contributed by atoms with Crippen molar-refractivity contribution in [1.29, 1.82) is 0 Å². The molecule has 84 valence electrons. The molecule has 0 aliphatic heterocycles. The molecule has 0 amide bonds. The third-order valence-corrected chi connectivity index (χ3v) is 2.65. The summed E-state index contributed by atoms with van der Waals surface area (Å²) in [6.45, 7) is 0. The summed E-state index contributed by atoms with van der Waals surface area (Å²) in [4.78, 5) is 0. The summed E-state index contributed by atoms with van der Waals surface area (Å²) in [5.41, 5.74) is 8.36. The summed E-state index contributed by atoms with van der Waals surface area (Å²) in [7, 11) is 0. The maximum Gasteiger partial charge on any atom is 0.190 e. The lowest BCUT2D eigenvalue weighted by Crippen LogP contribution is -1.84. The molecule has 0 radical (unpaired) electrons. The number of nitrogens with zero attached hydrogens (tertiary/aromatic N) is 1. The van der Waals surface area contributed by atoms with Gasteiger partial charge in [0.2, 0.25) is 0 Å². The molecule has 0 bridgehead atoms. The first-order valence-corrected chi connectivity index (χ1v) is 5.15. The van der Waals surface area contributed by atoms with Crippen molar-refractivity contribution in [3.05, 3.63) is 48.3 Å². The smallest absolute Gasteiger partial charge is 0.190 e. The molecule has 3 nitrogen and oxygen atoms in total. The van der Waals surface area contributed by atoms with Crippen LogP contribution in [0.4, 0.5) is 10.1 Å². The van der Waals surface area contributed by atoms with Crippen molar-refractivity contribution in [2.45, 2.75) is 0 Å². The van der Waals surface area contributed by atoms with Crippen molar-refractivity contribution in [2.24, 2.45) is 0 Å². The Morgan fingerprint density at radius 1 is 1.06 bits per heavy atom. The summed E-state index contributed by atoms with van der Waals surface area (Å²) in [5.74, 6) is -0.277. The molecule has 4 heteroatoms. The van der Waals surface area contributed by atoms with E-state index in [-0.39, 0.29) is 5.82 Å². The zero-order valence-electron chi connectivity index (χ0n) is 8.85. The Kier molecular flexibility index (Phi) is 2.08. The van der Waals surface area contributed by atoms with Crippen molar-refractivity contribution >= 4 is 16.7 Å². The van der Waals surface area contributed by atoms with Gasteiger partial charge >= 0.3 is 0 Å². The van der Waals surface area contributed by atoms with Crippen molar-refractivity contribution in [3.8, 4) is 11.3 Å². The monoisotopic (exact) mass is 228 g/mol. The molecule has 1 heterocycles. The zero-order valence-corrected chi connectivity index (χ0v) is 8.85. The van der Waals surface area contributed by atoms with E-state index in [4.69, 9.17) is 10.3 Å². The van der Waals surface area contributed by atoms with Gasteiger partial charge in [-0.3, -0.25) is 0 Å². The van der Waals surface area contributed by atoms with Gasteiger partial charge in [-0.05, 0) is 36.4 Å². The van der Waals surface area contributed by atoms with Gasteiger partial charge in [-0.1, -0.05) is 11.2 Å². The van der Waals surface area contributed by atoms with E-state index in [1.807, 2.05) is 12.1 Å². The van der Waals surface area contributed by atoms with Crippen molar-refractivity contribution in [1.82, 2.24) is 5.16 Å². The quantitative estimate of drug-likeness (QED) is 0.650. The third kappa shape index (κ3) is 1.54. The normalized spacial score (nSPS) is 10.9. The minimum Gasteiger partial charge on any atom is -0.396 e. The van der Waals surface area contributed by atoms with Gasteiger partial charge in [0, 0.05) is 5.56 Å². The Bertz CT molecular complexity index is 673. The highest BCUT2D eigenvalue weighted by molar-refractivity contribution is 5.97. The van der Waals surface area contributed by atoms with Gasteiger partial charge in [0.15, 0.2) is 5.58 Å². The van der Waals surface area contributed by atoms with Crippen LogP contribution in [0.3, 0.4) is 0 Å². The van der Waals surface area contributed by atoms with Crippen LogP contribution in [0.1, 0.15) is 0 Å². The number of anilines is 1. The van der Waals surface area contributed by atoms with Gasteiger partial charge < -0.3 is 10.3 Å². The van der Waals surface area contributed by atoms with Crippen molar-refractivity contribution < 1.29 is 8.91 Å². The lowest BCUT2D eigenvalue weighted by molar-refractivity contribution is 0.460. The fraction of sp³-hybridized carbons (Fsp3) is 0. The topological polar surface area (TPSA) is 52.0 Å². The summed E-state index contributed by atoms with van der Waals surface area (Å²) in [5, 5.41) is 4.81. The number of halogens is 1. The average Bonchev–Trinajstić information content (AvgIpc) is 2.75. The number of benzene rings is 2. The second-order valence-electron chi connectivity index (χ2n) is 3.76. The third-order valence-electron chi connectivity index (χ3n) is 2.65. The van der Waals surface area contributed by atoms with Crippen LogP contribution < -0.4 is 5.73 Å². The van der Waals surface area contributed by atoms with Crippen LogP contribution in [0.2, 0.25) is 0 Å². The number of nitrogen functional groups attached to an aromatic ring is 1. The zero-order chi connectivity index (χ0) is 11.8. The van der Waals surface area contributed by atoms with Crippen LogP contribution in [-0.4, -0.2) is 5.16 Å². The van der Waals surface area contributed by atoms with E-state index >= 15 is 0 Å². The number of hydrogen-bond acceptors (Lipinski definition) is 3. The van der Waals surface area contributed by atoms with Crippen LogP contribution in [0.15, 0.2) is 47.0 Å². The molecule has 17 heavy (non-hydrogen) atoms. The van der Waals surface area contributed by atoms with Crippen molar-refractivity contribution in [3.63, 3.8) is 0 Å². The van der Waals surface area contributed by atoms with Gasteiger partial charge in [-0.25, -0.2) is 4.39 Å². The molecule has 1 aromatic heterocycles. The molecule has 3 aromatic rings. The van der Waals surface area contributed by atoms with Crippen LogP contribution in [0, 0.1) is 5.82 Å². The molecule has 0 aliphatic carbocycles. The van der Waals surface area contributed by atoms with E-state index in [0.29, 0.717) is 17.0 Å². The highest BCUT2D eigenvalue weighted by Gasteiger charge is 2.11. The molecule has 3 rings (SSSR count). The maximum absolute atomic E-state index is 12.8. The second kappa shape index (κ2) is 3.59. The molecule has 0 atom stereocenters. The fourth-order valence-electron chi connectivity index (χ4n) is 1.80. The number of hydrogen-bond donors (Lipinski definition) is 1. The van der Waals surface area contributed by atoms with Crippen LogP contribution in [0.25, 0.3) is 22.2 Å². The molecule has 0 fully saturated rings. The first-order valence-electron chi connectivity index (χ1n) is 5.15. The number of para-hydroxylation sites is 1. The fourth-order valence-corrected chi connectivity index (χ4v) is 1.80. The molecule has 0 aliphatic rings. The molecule has 0 saturated carbocycles. The first-order chi connectivity index (χ1) is 8.25. The van der Waals surface area contributed by atoms with Crippen LogP contribution in [0.5, 0.6) is 0 Å². The van der Waals surface area contributed by atoms with Crippen LogP contribution in [-0.2, 0) is 0 Å². The Hall–Kier alpha value is -2.36. The van der Waals surface area contributed by atoms with Crippen molar-refractivity contribution in [2.75, 3.05) is 5.73 Å². The van der Waals surface area contributed by atoms with E-state index < -0.39 is 0 Å².